The van der Waals surface area contributed by atoms with Crippen LogP contribution in [0.3, 0.4) is 0 Å². The summed E-state index contributed by atoms with van der Waals surface area (Å²) in [4.78, 5) is 37.6. The molecule has 4 aromatic rings. The Morgan fingerprint density at radius 3 is 2.44 bits per heavy atom. The minimum atomic E-state index is -0.290. The van der Waals surface area contributed by atoms with E-state index in [0.717, 1.165) is 23.2 Å². The molecular weight excluding hydrogens is 426 g/mol. The molecule has 1 amide bonds. The lowest BCUT2D eigenvalue weighted by molar-refractivity contribution is -0.122. The standard InChI is InChI=1S/C27H29N5O2/c1-18(2)29-24(33)17-32-26(20-10-6-5-7-11-20)30-25-23(27(32)34)14-22(15-28-25)21-12-8-9-19(13-21)16-31(3)4/h5-15,18H,16-17H2,1-4H3,(H,29,33). The number of carbonyl (C=O) groups excluding carboxylic acids is 1. The Balaban J connectivity index is 1.85. The van der Waals surface area contributed by atoms with Crippen molar-refractivity contribution in [3.63, 3.8) is 0 Å². The van der Waals surface area contributed by atoms with Gasteiger partial charge in [0.2, 0.25) is 5.91 Å². The number of pyridine rings is 1. The first-order chi connectivity index (χ1) is 16.3. The molecule has 2 aromatic carbocycles. The number of nitrogens with zero attached hydrogens (tertiary/aromatic N) is 4. The molecule has 2 aromatic heterocycles. The minimum Gasteiger partial charge on any atom is -0.352 e. The average Bonchev–Trinajstić information content (AvgIpc) is 2.80. The van der Waals surface area contributed by atoms with E-state index in [9.17, 15) is 9.59 Å². The number of rotatable bonds is 7. The molecule has 0 saturated heterocycles. The number of nitrogens with one attached hydrogen (secondary N) is 1. The van der Waals surface area contributed by atoms with Gasteiger partial charge in [0.1, 0.15) is 12.4 Å². The molecular formula is C27H29N5O2. The summed E-state index contributed by atoms with van der Waals surface area (Å²) in [6.07, 6.45) is 1.74. The van der Waals surface area contributed by atoms with Crippen molar-refractivity contribution >= 4 is 16.9 Å². The number of amides is 1. The molecule has 0 aliphatic carbocycles. The quantitative estimate of drug-likeness (QED) is 0.460. The van der Waals surface area contributed by atoms with E-state index in [1.54, 1.807) is 6.20 Å². The van der Waals surface area contributed by atoms with E-state index in [1.165, 1.54) is 10.1 Å². The topological polar surface area (TPSA) is 80.1 Å². The van der Waals surface area contributed by atoms with Gasteiger partial charge in [0.25, 0.3) is 5.56 Å². The zero-order chi connectivity index (χ0) is 24.2. The van der Waals surface area contributed by atoms with Gasteiger partial charge in [-0.15, -0.1) is 0 Å². The van der Waals surface area contributed by atoms with Crippen molar-refractivity contribution in [2.24, 2.45) is 0 Å². The van der Waals surface area contributed by atoms with Crippen LogP contribution in [0.1, 0.15) is 19.4 Å². The van der Waals surface area contributed by atoms with Crippen LogP contribution in [0.25, 0.3) is 33.5 Å². The van der Waals surface area contributed by atoms with Crippen LogP contribution in [-0.2, 0) is 17.9 Å². The molecule has 0 spiro atoms. The van der Waals surface area contributed by atoms with Crippen molar-refractivity contribution in [2.75, 3.05) is 14.1 Å². The molecule has 0 atom stereocenters. The highest BCUT2D eigenvalue weighted by molar-refractivity contribution is 5.83. The predicted octanol–water partition coefficient (Wildman–Crippen LogP) is 3.71. The summed E-state index contributed by atoms with van der Waals surface area (Å²) >= 11 is 0. The van der Waals surface area contributed by atoms with E-state index >= 15 is 0 Å². The summed E-state index contributed by atoms with van der Waals surface area (Å²) in [5.41, 5.74) is 3.80. The summed E-state index contributed by atoms with van der Waals surface area (Å²) in [7, 11) is 4.05. The number of hydrogen-bond acceptors (Lipinski definition) is 5. The average molecular weight is 456 g/mol. The molecule has 0 aliphatic rings. The SMILES string of the molecule is CC(C)NC(=O)Cn1c(-c2ccccc2)nc2ncc(-c3cccc(CN(C)C)c3)cc2c1=O. The summed E-state index contributed by atoms with van der Waals surface area (Å²) in [5.74, 6) is 0.182. The van der Waals surface area contributed by atoms with Crippen molar-refractivity contribution in [2.45, 2.75) is 33.0 Å². The molecule has 2 heterocycles. The van der Waals surface area contributed by atoms with Crippen LogP contribution in [0.2, 0.25) is 0 Å². The van der Waals surface area contributed by atoms with Crippen molar-refractivity contribution < 1.29 is 4.79 Å². The van der Waals surface area contributed by atoms with Gasteiger partial charge in [0.05, 0.1) is 5.39 Å². The van der Waals surface area contributed by atoms with E-state index in [-0.39, 0.29) is 24.1 Å². The second-order valence-electron chi connectivity index (χ2n) is 8.95. The van der Waals surface area contributed by atoms with Gasteiger partial charge in [-0.05, 0) is 51.2 Å². The first kappa shape index (κ1) is 23.3. The van der Waals surface area contributed by atoms with Crippen LogP contribution in [0.5, 0.6) is 0 Å². The smallest absolute Gasteiger partial charge is 0.263 e. The normalized spacial score (nSPS) is 11.4. The summed E-state index contributed by atoms with van der Waals surface area (Å²) in [5, 5.41) is 3.24. The highest BCUT2D eigenvalue weighted by Gasteiger charge is 2.17. The number of aromatic nitrogens is 3. The van der Waals surface area contributed by atoms with Gasteiger partial charge >= 0.3 is 0 Å². The Hall–Kier alpha value is -3.84. The van der Waals surface area contributed by atoms with Crippen LogP contribution < -0.4 is 10.9 Å². The minimum absolute atomic E-state index is 0.0282. The fourth-order valence-corrected chi connectivity index (χ4v) is 3.94. The van der Waals surface area contributed by atoms with E-state index in [1.807, 2.05) is 76.5 Å². The van der Waals surface area contributed by atoms with Gasteiger partial charge in [-0.2, -0.15) is 0 Å². The second kappa shape index (κ2) is 9.97. The number of benzene rings is 2. The van der Waals surface area contributed by atoms with Gasteiger partial charge in [-0.1, -0.05) is 48.5 Å². The van der Waals surface area contributed by atoms with Crippen LogP contribution in [-0.4, -0.2) is 45.5 Å². The van der Waals surface area contributed by atoms with E-state index < -0.39 is 0 Å². The Kier molecular flexibility index (Phi) is 6.84. The summed E-state index contributed by atoms with van der Waals surface area (Å²) in [6.45, 7) is 4.47. The molecule has 7 nitrogen and oxygen atoms in total. The number of carbonyl (C=O) groups is 1. The maximum Gasteiger partial charge on any atom is 0.263 e. The van der Waals surface area contributed by atoms with Crippen molar-refractivity contribution in [3.05, 3.63) is 82.8 Å². The fraction of sp³-hybridized carbons (Fsp3) is 0.259. The van der Waals surface area contributed by atoms with Gasteiger partial charge < -0.3 is 10.2 Å². The Morgan fingerprint density at radius 2 is 1.74 bits per heavy atom. The van der Waals surface area contributed by atoms with Gasteiger partial charge in [0, 0.05) is 29.9 Å². The molecule has 174 valence electrons. The highest BCUT2D eigenvalue weighted by atomic mass is 16.2. The first-order valence-corrected chi connectivity index (χ1v) is 11.3. The lowest BCUT2D eigenvalue weighted by Crippen LogP contribution is -2.37. The molecule has 1 N–H and O–H groups in total. The molecule has 4 rings (SSSR count). The van der Waals surface area contributed by atoms with Crippen molar-refractivity contribution in [3.8, 4) is 22.5 Å². The van der Waals surface area contributed by atoms with E-state index in [2.05, 4.69) is 27.3 Å². The van der Waals surface area contributed by atoms with E-state index in [4.69, 9.17) is 4.98 Å². The second-order valence-corrected chi connectivity index (χ2v) is 8.95. The monoisotopic (exact) mass is 455 g/mol. The van der Waals surface area contributed by atoms with Crippen LogP contribution in [0.4, 0.5) is 0 Å². The fourth-order valence-electron chi connectivity index (χ4n) is 3.94. The van der Waals surface area contributed by atoms with Gasteiger partial charge in [-0.25, -0.2) is 9.97 Å². The molecule has 7 heteroatoms. The van der Waals surface area contributed by atoms with Crippen molar-refractivity contribution in [1.29, 1.82) is 0 Å². The molecule has 0 aliphatic heterocycles. The zero-order valence-electron chi connectivity index (χ0n) is 19.9. The van der Waals surface area contributed by atoms with Crippen LogP contribution in [0.15, 0.2) is 71.7 Å². The third kappa shape index (κ3) is 5.21. The molecule has 0 unspecified atom stereocenters. The Bertz CT molecular complexity index is 1380. The van der Waals surface area contributed by atoms with Crippen LogP contribution >= 0.6 is 0 Å². The van der Waals surface area contributed by atoms with Gasteiger partial charge in [-0.3, -0.25) is 14.2 Å². The van der Waals surface area contributed by atoms with Crippen molar-refractivity contribution in [1.82, 2.24) is 24.8 Å². The molecule has 0 radical (unpaired) electrons. The first-order valence-electron chi connectivity index (χ1n) is 11.3. The van der Waals surface area contributed by atoms with Gasteiger partial charge in [0.15, 0.2) is 5.65 Å². The number of hydrogen-bond donors (Lipinski definition) is 1. The zero-order valence-corrected chi connectivity index (χ0v) is 19.9. The molecule has 0 saturated carbocycles. The molecule has 0 fully saturated rings. The van der Waals surface area contributed by atoms with Crippen LogP contribution in [0, 0.1) is 0 Å². The maximum absolute atomic E-state index is 13.6. The summed E-state index contributed by atoms with van der Waals surface area (Å²) < 4.78 is 1.43. The molecule has 0 bridgehead atoms. The third-order valence-electron chi connectivity index (χ3n) is 5.35. The Morgan fingerprint density at radius 1 is 1.00 bits per heavy atom. The number of fused-ring (bicyclic) bond motifs is 1. The lowest BCUT2D eigenvalue weighted by atomic mass is 10.0. The molecule has 34 heavy (non-hydrogen) atoms. The third-order valence-corrected chi connectivity index (χ3v) is 5.35. The predicted molar refractivity (Wildman–Crippen MR) is 135 cm³/mol. The lowest BCUT2D eigenvalue weighted by Gasteiger charge is -2.15. The highest BCUT2D eigenvalue weighted by Crippen LogP contribution is 2.24. The Labute approximate surface area is 199 Å². The summed E-state index contributed by atoms with van der Waals surface area (Å²) in [6, 6.07) is 19.4. The largest absolute Gasteiger partial charge is 0.352 e. The van der Waals surface area contributed by atoms with E-state index in [0.29, 0.717) is 16.9 Å². The maximum atomic E-state index is 13.6.